The first-order chi connectivity index (χ1) is 9.00. The van der Waals surface area contributed by atoms with E-state index in [1.165, 1.54) is 23.1 Å². The van der Waals surface area contributed by atoms with Crippen LogP contribution in [0.15, 0.2) is 42.5 Å². The number of carbonyl (C=O) groups excluding carboxylic acids is 1. The van der Waals surface area contributed by atoms with Crippen LogP contribution in [0.1, 0.15) is 10.4 Å². The quantitative estimate of drug-likeness (QED) is 0.857. The Morgan fingerprint density at radius 2 is 1.95 bits per heavy atom. The lowest BCUT2D eigenvalue weighted by atomic mass is 10.1. The molecule has 0 unspecified atom stereocenters. The number of anilines is 2. The van der Waals surface area contributed by atoms with Gasteiger partial charge in [0.25, 0.3) is 5.91 Å². The molecule has 98 valence electrons. The minimum Gasteiger partial charge on any atom is -0.398 e. The van der Waals surface area contributed by atoms with Crippen LogP contribution in [0.3, 0.4) is 0 Å². The van der Waals surface area contributed by atoms with Crippen molar-refractivity contribution >= 4 is 28.9 Å². The van der Waals surface area contributed by atoms with Crippen LogP contribution in [-0.2, 0) is 0 Å². The van der Waals surface area contributed by atoms with Crippen molar-refractivity contribution in [2.75, 3.05) is 17.7 Å². The van der Waals surface area contributed by atoms with E-state index in [-0.39, 0.29) is 16.5 Å². The topological polar surface area (TPSA) is 46.3 Å². The fourth-order valence-electron chi connectivity index (χ4n) is 1.74. The molecule has 0 saturated carbocycles. The van der Waals surface area contributed by atoms with Crippen LogP contribution in [0.2, 0.25) is 5.02 Å². The number of benzene rings is 2. The summed E-state index contributed by atoms with van der Waals surface area (Å²) in [6.45, 7) is 0. The van der Waals surface area contributed by atoms with Gasteiger partial charge in [0.05, 0.1) is 10.6 Å². The monoisotopic (exact) mass is 278 g/mol. The Morgan fingerprint density at radius 1 is 1.26 bits per heavy atom. The summed E-state index contributed by atoms with van der Waals surface area (Å²) in [6, 6.07) is 10.6. The Hall–Kier alpha value is -2.07. The zero-order valence-electron chi connectivity index (χ0n) is 10.2. The molecule has 0 radical (unpaired) electrons. The van der Waals surface area contributed by atoms with E-state index in [2.05, 4.69) is 0 Å². The minimum absolute atomic E-state index is 0.218. The van der Waals surface area contributed by atoms with Crippen LogP contribution in [-0.4, -0.2) is 13.0 Å². The number of hydrogen-bond donors (Lipinski definition) is 1. The Bertz CT molecular complexity index is 610. The third kappa shape index (κ3) is 2.69. The van der Waals surface area contributed by atoms with E-state index in [0.717, 1.165) is 0 Å². The molecule has 19 heavy (non-hydrogen) atoms. The van der Waals surface area contributed by atoms with Gasteiger partial charge in [0, 0.05) is 18.4 Å². The van der Waals surface area contributed by atoms with Gasteiger partial charge >= 0.3 is 0 Å². The zero-order chi connectivity index (χ0) is 14.0. The van der Waals surface area contributed by atoms with Crippen molar-refractivity contribution in [1.82, 2.24) is 0 Å². The standard InChI is InChI=1S/C14H12ClFN2O/c1-18(10-5-2-4-9(16)8-10)14(19)13-11(15)6-3-7-12(13)17/h2-8H,17H2,1H3. The van der Waals surface area contributed by atoms with Gasteiger partial charge in [0.2, 0.25) is 0 Å². The molecule has 0 fully saturated rings. The van der Waals surface area contributed by atoms with Gasteiger partial charge in [-0.3, -0.25) is 4.79 Å². The molecule has 0 aromatic heterocycles. The predicted molar refractivity (Wildman–Crippen MR) is 75.0 cm³/mol. The summed E-state index contributed by atoms with van der Waals surface area (Å²) in [4.78, 5) is 13.6. The Morgan fingerprint density at radius 3 is 2.58 bits per heavy atom. The third-order valence-corrected chi connectivity index (χ3v) is 3.07. The summed E-state index contributed by atoms with van der Waals surface area (Å²) in [5.74, 6) is -0.794. The zero-order valence-corrected chi connectivity index (χ0v) is 11.0. The summed E-state index contributed by atoms with van der Waals surface area (Å²) in [5.41, 5.74) is 6.71. The second kappa shape index (κ2) is 5.28. The Kier molecular flexibility index (Phi) is 3.71. The van der Waals surface area contributed by atoms with Crippen LogP contribution < -0.4 is 10.6 Å². The van der Waals surface area contributed by atoms with Gasteiger partial charge in [-0.25, -0.2) is 4.39 Å². The first-order valence-electron chi connectivity index (χ1n) is 5.58. The number of nitrogens with zero attached hydrogens (tertiary/aromatic N) is 1. The van der Waals surface area contributed by atoms with Crippen LogP contribution in [0.4, 0.5) is 15.8 Å². The molecule has 2 aromatic carbocycles. The fourth-order valence-corrected chi connectivity index (χ4v) is 2.00. The molecule has 0 bridgehead atoms. The predicted octanol–water partition coefficient (Wildman–Crippen LogP) is 3.34. The molecule has 0 spiro atoms. The highest BCUT2D eigenvalue weighted by atomic mass is 35.5. The lowest BCUT2D eigenvalue weighted by Gasteiger charge is -2.19. The van der Waals surface area contributed by atoms with Gasteiger partial charge < -0.3 is 10.6 Å². The van der Waals surface area contributed by atoms with E-state index < -0.39 is 5.82 Å². The van der Waals surface area contributed by atoms with E-state index in [1.807, 2.05) is 0 Å². The molecule has 0 aliphatic rings. The van der Waals surface area contributed by atoms with Crippen LogP contribution in [0.25, 0.3) is 0 Å². The van der Waals surface area contributed by atoms with Gasteiger partial charge in [-0.2, -0.15) is 0 Å². The average Bonchev–Trinajstić information content (AvgIpc) is 2.37. The number of halogens is 2. The van der Waals surface area contributed by atoms with Crippen molar-refractivity contribution in [3.05, 3.63) is 58.9 Å². The summed E-state index contributed by atoms with van der Waals surface area (Å²) >= 11 is 5.99. The summed E-state index contributed by atoms with van der Waals surface area (Å²) in [7, 11) is 1.54. The molecule has 0 atom stereocenters. The largest absolute Gasteiger partial charge is 0.398 e. The van der Waals surface area contributed by atoms with E-state index in [9.17, 15) is 9.18 Å². The number of nitrogens with two attached hydrogens (primary N) is 1. The van der Waals surface area contributed by atoms with Crippen LogP contribution in [0.5, 0.6) is 0 Å². The molecule has 0 aliphatic carbocycles. The number of amides is 1. The highest BCUT2D eigenvalue weighted by Crippen LogP contribution is 2.25. The van der Waals surface area contributed by atoms with Gasteiger partial charge in [-0.05, 0) is 30.3 Å². The molecule has 0 aliphatic heterocycles. The Balaban J connectivity index is 2.39. The molecule has 2 rings (SSSR count). The van der Waals surface area contributed by atoms with E-state index in [0.29, 0.717) is 11.4 Å². The molecule has 2 N–H and O–H groups in total. The molecule has 5 heteroatoms. The van der Waals surface area contributed by atoms with Crippen molar-refractivity contribution < 1.29 is 9.18 Å². The minimum atomic E-state index is -0.413. The fraction of sp³-hybridized carbons (Fsp3) is 0.0714. The highest BCUT2D eigenvalue weighted by molar-refractivity contribution is 6.35. The second-order valence-electron chi connectivity index (χ2n) is 4.05. The average molecular weight is 279 g/mol. The van der Waals surface area contributed by atoms with Crippen molar-refractivity contribution in [2.24, 2.45) is 0 Å². The number of hydrogen-bond acceptors (Lipinski definition) is 2. The smallest absolute Gasteiger partial charge is 0.261 e. The first-order valence-corrected chi connectivity index (χ1v) is 5.96. The molecule has 0 heterocycles. The molecule has 0 saturated heterocycles. The lowest BCUT2D eigenvalue weighted by Crippen LogP contribution is -2.27. The van der Waals surface area contributed by atoms with Crippen molar-refractivity contribution in [3.63, 3.8) is 0 Å². The summed E-state index contributed by atoms with van der Waals surface area (Å²) in [5, 5.41) is 0.272. The van der Waals surface area contributed by atoms with Gasteiger partial charge in [0.15, 0.2) is 0 Å². The first kappa shape index (κ1) is 13.4. The van der Waals surface area contributed by atoms with E-state index >= 15 is 0 Å². The molecular formula is C14H12ClFN2O. The number of rotatable bonds is 2. The summed E-state index contributed by atoms with van der Waals surface area (Å²) < 4.78 is 13.2. The Labute approximate surface area is 115 Å². The highest BCUT2D eigenvalue weighted by Gasteiger charge is 2.19. The molecular weight excluding hydrogens is 267 g/mol. The maximum Gasteiger partial charge on any atom is 0.261 e. The SMILES string of the molecule is CN(C(=O)c1c(N)cccc1Cl)c1cccc(F)c1. The van der Waals surface area contributed by atoms with E-state index in [4.69, 9.17) is 17.3 Å². The van der Waals surface area contributed by atoms with Crippen LogP contribution in [0, 0.1) is 5.82 Å². The van der Waals surface area contributed by atoms with Crippen molar-refractivity contribution in [3.8, 4) is 0 Å². The normalized spacial score (nSPS) is 10.3. The number of carbonyl (C=O) groups is 1. The maximum absolute atomic E-state index is 13.2. The molecule has 2 aromatic rings. The van der Waals surface area contributed by atoms with Crippen molar-refractivity contribution in [1.29, 1.82) is 0 Å². The molecule has 3 nitrogen and oxygen atoms in total. The van der Waals surface area contributed by atoms with Crippen LogP contribution >= 0.6 is 11.6 Å². The van der Waals surface area contributed by atoms with Crippen molar-refractivity contribution in [2.45, 2.75) is 0 Å². The van der Waals surface area contributed by atoms with Gasteiger partial charge in [-0.15, -0.1) is 0 Å². The molecule has 1 amide bonds. The second-order valence-corrected chi connectivity index (χ2v) is 4.46. The maximum atomic E-state index is 13.2. The van der Waals surface area contributed by atoms with Gasteiger partial charge in [-0.1, -0.05) is 23.7 Å². The summed E-state index contributed by atoms with van der Waals surface area (Å²) in [6.07, 6.45) is 0. The number of nitrogen functional groups attached to an aromatic ring is 1. The van der Waals surface area contributed by atoms with E-state index in [1.54, 1.807) is 31.3 Å². The lowest BCUT2D eigenvalue weighted by molar-refractivity contribution is 0.0994. The van der Waals surface area contributed by atoms with Gasteiger partial charge in [0.1, 0.15) is 5.82 Å². The third-order valence-electron chi connectivity index (χ3n) is 2.76.